The van der Waals surface area contributed by atoms with Gasteiger partial charge in [-0.2, -0.15) is 0 Å². The van der Waals surface area contributed by atoms with E-state index in [4.69, 9.17) is 0 Å². The van der Waals surface area contributed by atoms with Gasteiger partial charge in [0.25, 0.3) is 0 Å². The Morgan fingerprint density at radius 3 is 2.27 bits per heavy atom. The third-order valence-electron chi connectivity index (χ3n) is 2.73. The van der Waals surface area contributed by atoms with Crippen molar-refractivity contribution in [2.75, 3.05) is 13.1 Å². The minimum Gasteiger partial charge on any atom is -0.392 e. The summed E-state index contributed by atoms with van der Waals surface area (Å²) in [6.07, 6.45) is -0.277. The number of piperidine rings is 1. The van der Waals surface area contributed by atoms with E-state index in [0.29, 0.717) is 19.5 Å². The van der Waals surface area contributed by atoms with E-state index < -0.39 is 12.2 Å². The van der Waals surface area contributed by atoms with Crippen LogP contribution in [0.2, 0.25) is 0 Å². The molecule has 0 aliphatic carbocycles. The topological polar surface area (TPSA) is 43.7 Å². The smallest absolute Gasteiger partial charge is 0.0692 e. The van der Waals surface area contributed by atoms with Crippen LogP contribution in [0.1, 0.15) is 12.0 Å². The van der Waals surface area contributed by atoms with Crippen LogP contribution in [0.4, 0.5) is 0 Å². The van der Waals surface area contributed by atoms with Gasteiger partial charge in [0.05, 0.1) is 12.2 Å². The molecule has 3 nitrogen and oxygen atoms in total. The lowest BCUT2D eigenvalue weighted by atomic mass is 10.0. The summed E-state index contributed by atoms with van der Waals surface area (Å²) >= 11 is 0. The Labute approximate surface area is 90.0 Å². The van der Waals surface area contributed by atoms with E-state index in [0.717, 1.165) is 6.54 Å². The van der Waals surface area contributed by atoms with Crippen LogP contribution in [0.3, 0.4) is 0 Å². The van der Waals surface area contributed by atoms with E-state index in [9.17, 15) is 10.2 Å². The lowest BCUT2D eigenvalue weighted by molar-refractivity contribution is -0.0110. The Morgan fingerprint density at radius 1 is 1.07 bits per heavy atom. The average Bonchev–Trinajstić information content (AvgIpc) is 2.17. The molecule has 1 aromatic rings. The quantitative estimate of drug-likeness (QED) is 0.747. The Kier molecular flexibility index (Phi) is 3.36. The van der Waals surface area contributed by atoms with E-state index >= 15 is 0 Å². The fourth-order valence-corrected chi connectivity index (χ4v) is 2.10. The zero-order chi connectivity index (χ0) is 10.7. The van der Waals surface area contributed by atoms with Crippen molar-refractivity contribution in [1.82, 2.24) is 4.90 Å². The summed E-state index contributed by atoms with van der Waals surface area (Å²) in [5.74, 6) is 0. The van der Waals surface area contributed by atoms with Gasteiger partial charge in [-0.3, -0.25) is 4.90 Å². The predicted octanol–water partition coefficient (Wildman–Crippen LogP) is 0.614. The Balaban J connectivity index is 1.94. The predicted molar refractivity (Wildman–Crippen MR) is 58.3 cm³/mol. The summed E-state index contributed by atoms with van der Waals surface area (Å²) < 4.78 is 0. The number of aliphatic hydroxyl groups is 2. The molecular formula is C12H17NO2. The number of likely N-dealkylation sites (tertiary alicyclic amines) is 1. The molecule has 0 spiro atoms. The van der Waals surface area contributed by atoms with Crippen LogP contribution in [-0.4, -0.2) is 40.4 Å². The first-order valence-corrected chi connectivity index (χ1v) is 5.36. The van der Waals surface area contributed by atoms with Crippen LogP contribution >= 0.6 is 0 Å². The number of nitrogens with zero attached hydrogens (tertiary/aromatic N) is 1. The fourth-order valence-electron chi connectivity index (χ4n) is 2.10. The molecule has 3 heteroatoms. The molecule has 0 saturated carbocycles. The Bertz CT molecular complexity index is 292. The number of β-amino-alcohol motifs (C(OH)–C–C–N with tert-alkyl or cyclic N) is 2. The second-order valence-corrected chi connectivity index (χ2v) is 4.22. The summed E-state index contributed by atoms with van der Waals surface area (Å²) in [6.45, 7) is 2.12. The SMILES string of the molecule is O[C@@H]1C[C@H](O)CN(Cc2ccccc2)C1. The molecule has 1 aliphatic heterocycles. The number of hydrogen-bond acceptors (Lipinski definition) is 3. The van der Waals surface area contributed by atoms with Gasteiger partial charge in [-0.15, -0.1) is 0 Å². The number of hydrogen-bond donors (Lipinski definition) is 2. The monoisotopic (exact) mass is 207 g/mol. The van der Waals surface area contributed by atoms with Crippen LogP contribution in [0.15, 0.2) is 30.3 Å². The van der Waals surface area contributed by atoms with E-state index in [2.05, 4.69) is 17.0 Å². The summed E-state index contributed by atoms with van der Waals surface area (Å²) in [7, 11) is 0. The fraction of sp³-hybridized carbons (Fsp3) is 0.500. The normalized spacial score (nSPS) is 27.9. The Morgan fingerprint density at radius 2 is 1.67 bits per heavy atom. The minimum atomic E-state index is -0.391. The van der Waals surface area contributed by atoms with Crippen molar-refractivity contribution in [2.45, 2.75) is 25.2 Å². The van der Waals surface area contributed by atoms with Crippen LogP contribution in [0.5, 0.6) is 0 Å². The zero-order valence-corrected chi connectivity index (χ0v) is 8.71. The van der Waals surface area contributed by atoms with Gasteiger partial charge in [0, 0.05) is 26.1 Å². The first kappa shape index (κ1) is 10.6. The van der Waals surface area contributed by atoms with Crippen molar-refractivity contribution in [3.63, 3.8) is 0 Å². The molecule has 0 unspecified atom stereocenters. The molecule has 2 atom stereocenters. The molecule has 1 aliphatic rings. The molecule has 1 fully saturated rings. The van der Waals surface area contributed by atoms with Crippen LogP contribution in [0, 0.1) is 0 Å². The highest BCUT2D eigenvalue weighted by Crippen LogP contribution is 2.13. The van der Waals surface area contributed by atoms with E-state index in [1.54, 1.807) is 0 Å². The molecule has 82 valence electrons. The first-order chi connectivity index (χ1) is 7.24. The number of benzene rings is 1. The molecule has 1 saturated heterocycles. The summed E-state index contributed by atoms with van der Waals surface area (Å²) in [5, 5.41) is 19.1. The summed E-state index contributed by atoms with van der Waals surface area (Å²) in [6, 6.07) is 10.1. The van der Waals surface area contributed by atoms with Gasteiger partial charge >= 0.3 is 0 Å². The third-order valence-corrected chi connectivity index (χ3v) is 2.73. The molecular weight excluding hydrogens is 190 g/mol. The molecule has 0 amide bonds. The molecule has 2 N–H and O–H groups in total. The van der Waals surface area contributed by atoms with Crippen molar-refractivity contribution < 1.29 is 10.2 Å². The minimum absolute atomic E-state index is 0.391. The molecule has 0 aromatic heterocycles. The molecule has 2 rings (SSSR count). The zero-order valence-electron chi connectivity index (χ0n) is 8.71. The highest BCUT2D eigenvalue weighted by molar-refractivity contribution is 5.14. The second-order valence-electron chi connectivity index (χ2n) is 4.22. The lowest BCUT2D eigenvalue weighted by Gasteiger charge is -2.33. The maximum absolute atomic E-state index is 9.53. The molecule has 1 aromatic carbocycles. The average molecular weight is 207 g/mol. The molecule has 0 radical (unpaired) electrons. The van der Waals surface area contributed by atoms with Crippen molar-refractivity contribution in [3.8, 4) is 0 Å². The van der Waals surface area contributed by atoms with Gasteiger partial charge < -0.3 is 10.2 Å². The number of rotatable bonds is 2. The number of aliphatic hydroxyl groups excluding tert-OH is 2. The maximum Gasteiger partial charge on any atom is 0.0692 e. The highest BCUT2D eigenvalue weighted by atomic mass is 16.3. The highest BCUT2D eigenvalue weighted by Gasteiger charge is 2.23. The van der Waals surface area contributed by atoms with Crippen LogP contribution in [-0.2, 0) is 6.54 Å². The third kappa shape index (κ3) is 3.02. The van der Waals surface area contributed by atoms with Crippen molar-refractivity contribution in [3.05, 3.63) is 35.9 Å². The van der Waals surface area contributed by atoms with Gasteiger partial charge in [0.15, 0.2) is 0 Å². The van der Waals surface area contributed by atoms with Crippen molar-refractivity contribution in [2.24, 2.45) is 0 Å². The van der Waals surface area contributed by atoms with Gasteiger partial charge in [-0.25, -0.2) is 0 Å². The largest absolute Gasteiger partial charge is 0.392 e. The van der Waals surface area contributed by atoms with Gasteiger partial charge in [-0.1, -0.05) is 30.3 Å². The lowest BCUT2D eigenvalue weighted by Crippen LogP contribution is -2.45. The molecule has 15 heavy (non-hydrogen) atoms. The maximum atomic E-state index is 9.53. The first-order valence-electron chi connectivity index (χ1n) is 5.36. The summed E-state index contributed by atoms with van der Waals surface area (Å²) in [4.78, 5) is 2.09. The Hall–Kier alpha value is -0.900. The van der Waals surface area contributed by atoms with Crippen LogP contribution in [0.25, 0.3) is 0 Å². The van der Waals surface area contributed by atoms with E-state index in [1.807, 2.05) is 18.2 Å². The van der Waals surface area contributed by atoms with Crippen LogP contribution < -0.4 is 0 Å². The van der Waals surface area contributed by atoms with E-state index in [-0.39, 0.29) is 0 Å². The van der Waals surface area contributed by atoms with Gasteiger partial charge in [0.2, 0.25) is 0 Å². The van der Waals surface area contributed by atoms with E-state index in [1.165, 1.54) is 5.56 Å². The summed E-state index contributed by atoms with van der Waals surface area (Å²) in [5.41, 5.74) is 1.22. The van der Waals surface area contributed by atoms with Gasteiger partial charge in [0.1, 0.15) is 0 Å². The van der Waals surface area contributed by atoms with Crippen molar-refractivity contribution >= 4 is 0 Å². The van der Waals surface area contributed by atoms with Gasteiger partial charge in [-0.05, 0) is 5.56 Å². The molecule has 1 heterocycles. The van der Waals surface area contributed by atoms with Crippen molar-refractivity contribution in [1.29, 1.82) is 0 Å². The molecule has 0 bridgehead atoms. The standard InChI is InChI=1S/C12H17NO2/c14-11-6-12(15)9-13(8-11)7-10-4-2-1-3-5-10/h1-5,11-12,14-15H,6-9H2/t11-,12+. The second kappa shape index (κ2) is 4.75.